The van der Waals surface area contributed by atoms with Gasteiger partial charge in [0, 0.05) is 16.1 Å². The molecule has 0 unspecified atom stereocenters. The third kappa shape index (κ3) is 3.81. The van der Waals surface area contributed by atoms with Crippen molar-refractivity contribution in [1.29, 1.82) is 0 Å². The molecular formula is C22H14F2N2O3S. The van der Waals surface area contributed by atoms with Gasteiger partial charge in [0.15, 0.2) is 0 Å². The van der Waals surface area contributed by atoms with E-state index in [2.05, 4.69) is 5.32 Å². The fourth-order valence-electron chi connectivity index (χ4n) is 3.14. The number of nitrogens with one attached hydrogen (secondary N) is 1. The summed E-state index contributed by atoms with van der Waals surface area (Å²) in [6, 6.07) is 18.7. The summed E-state index contributed by atoms with van der Waals surface area (Å²) >= 11 is 0.400. The minimum Gasteiger partial charge on any atom is -0.322 e. The van der Waals surface area contributed by atoms with Crippen molar-refractivity contribution >= 4 is 40.9 Å². The van der Waals surface area contributed by atoms with Crippen molar-refractivity contribution in [2.75, 3.05) is 10.2 Å². The van der Waals surface area contributed by atoms with E-state index in [1.54, 1.807) is 42.5 Å². The van der Waals surface area contributed by atoms with E-state index in [0.29, 0.717) is 44.7 Å². The second kappa shape index (κ2) is 8.08. The Bertz CT molecular complexity index is 1110. The molecule has 0 saturated heterocycles. The van der Waals surface area contributed by atoms with Crippen molar-refractivity contribution in [1.82, 2.24) is 0 Å². The normalized spacial score (nSPS) is 13.0. The van der Waals surface area contributed by atoms with Crippen LogP contribution >= 0.6 is 11.8 Å². The van der Waals surface area contributed by atoms with Gasteiger partial charge >= 0.3 is 0 Å². The number of amides is 3. The molecule has 1 aliphatic rings. The van der Waals surface area contributed by atoms with Gasteiger partial charge in [-0.2, -0.15) is 8.78 Å². The van der Waals surface area contributed by atoms with E-state index in [-0.39, 0.29) is 0 Å². The van der Waals surface area contributed by atoms with Crippen LogP contribution in [-0.2, 0) is 0 Å². The largest absolute Gasteiger partial charge is 0.322 e. The smallest absolute Gasteiger partial charge is 0.288 e. The summed E-state index contributed by atoms with van der Waals surface area (Å²) in [5.41, 5.74) is 1.68. The Labute approximate surface area is 174 Å². The maximum atomic E-state index is 12.6. The van der Waals surface area contributed by atoms with Gasteiger partial charge in [-0.25, -0.2) is 4.90 Å². The molecule has 0 aliphatic carbocycles. The topological polar surface area (TPSA) is 66.5 Å². The van der Waals surface area contributed by atoms with Crippen LogP contribution in [0, 0.1) is 0 Å². The van der Waals surface area contributed by atoms with Crippen LogP contribution in [0.15, 0.2) is 77.7 Å². The Hall–Kier alpha value is -3.52. The summed E-state index contributed by atoms with van der Waals surface area (Å²) in [7, 11) is 0. The second-order valence-corrected chi connectivity index (χ2v) is 7.46. The number of benzene rings is 3. The molecule has 3 aromatic carbocycles. The van der Waals surface area contributed by atoms with Gasteiger partial charge in [-0.1, -0.05) is 30.0 Å². The molecule has 0 aromatic heterocycles. The Morgan fingerprint density at radius 1 is 0.867 bits per heavy atom. The molecular weight excluding hydrogens is 410 g/mol. The molecule has 3 aromatic rings. The molecule has 0 fully saturated rings. The highest BCUT2D eigenvalue weighted by molar-refractivity contribution is 7.99. The monoisotopic (exact) mass is 424 g/mol. The maximum absolute atomic E-state index is 12.6. The molecule has 4 rings (SSSR count). The molecule has 0 radical (unpaired) electrons. The first kappa shape index (κ1) is 19.8. The summed E-state index contributed by atoms with van der Waals surface area (Å²) in [4.78, 5) is 39.2. The number of fused-ring (bicyclic) bond motifs is 1. The Kier molecular flexibility index (Phi) is 5.33. The van der Waals surface area contributed by atoms with Gasteiger partial charge in [0.05, 0.1) is 16.8 Å². The number of alkyl halides is 2. The zero-order valence-corrected chi connectivity index (χ0v) is 16.2. The number of nitrogens with zero attached hydrogens (tertiary/aromatic N) is 1. The zero-order chi connectivity index (χ0) is 21.3. The molecule has 3 amide bonds. The molecule has 0 bridgehead atoms. The van der Waals surface area contributed by atoms with Crippen molar-refractivity contribution in [3.8, 4) is 0 Å². The fraction of sp³-hybridized carbons (Fsp3) is 0.0455. The maximum Gasteiger partial charge on any atom is 0.288 e. The quantitative estimate of drug-likeness (QED) is 0.460. The molecule has 1 aliphatic heterocycles. The number of anilines is 2. The molecule has 1 heterocycles. The highest BCUT2D eigenvalue weighted by Gasteiger charge is 2.36. The molecule has 0 atom stereocenters. The third-order valence-corrected chi connectivity index (χ3v) is 5.22. The van der Waals surface area contributed by atoms with Gasteiger partial charge in [0.25, 0.3) is 23.5 Å². The number of halogens is 2. The van der Waals surface area contributed by atoms with Gasteiger partial charge < -0.3 is 5.32 Å². The summed E-state index contributed by atoms with van der Waals surface area (Å²) in [5, 5.41) is 2.69. The van der Waals surface area contributed by atoms with Crippen LogP contribution in [0.2, 0.25) is 0 Å². The van der Waals surface area contributed by atoms with Crippen molar-refractivity contribution in [3.05, 3.63) is 89.5 Å². The summed E-state index contributed by atoms with van der Waals surface area (Å²) in [6.45, 7) is 0. The van der Waals surface area contributed by atoms with Gasteiger partial charge in [-0.15, -0.1) is 0 Å². The van der Waals surface area contributed by atoms with Gasteiger partial charge in [0.2, 0.25) is 0 Å². The number of hydrogen-bond acceptors (Lipinski definition) is 4. The zero-order valence-electron chi connectivity index (χ0n) is 15.3. The highest BCUT2D eigenvalue weighted by atomic mass is 32.2. The average molecular weight is 424 g/mol. The fourth-order valence-corrected chi connectivity index (χ4v) is 3.64. The van der Waals surface area contributed by atoms with Crippen molar-refractivity contribution in [2.24, 2.45) is 0 Å². The number of imide groups is 1. The van der Waals surface area contributed by atoms with Crippen molar-refractivity contribution in [3.63, 3.8) is 0 Å². The van der Waals surface area contributed by atoms with E-state index in [0.717, 1.165) is 4.90 Å². The summed E-state index contributed by atoms with van der Waals surface area (Å²) in [5.74, 6) is -3.82. The third-order valence-electron chi connectivity index (χ3n) is 4.50. The molecule has 0 spiro atoms. The predicted octanol–water partition coefficient (Wildman–Crippen LogP) is 5.05. The molecule has 150 valence electrons. The van der Waals surface area contributed by atoms with Crippen molar-refractivity contribution < 1.29 is 23.2 Å². The van der Waals surface area contributed by atoms with Crippen LogP contribution in [0.5, 0.6) is 0 Å². The van der Waals surface area contributed by atoms with Crippen LogP contribution in [-0.4, -0.2) is 23.5 Å². The number of carbonyl (C=O) groups is 3. The van der Waals surface area contributed by atoms with E-state index in [4.69, 9.17) is 0 Å². The molecule has 1 N–H and O–H groups in total. The molecule has 5 nitrogen and oxygen atoms in total. The first-order valence-electron chi connectivity index (χ1n) is 8.88. The second-order valence-electron chi connectivity index (χ2n) is 6.40. The van der Waals surface area contributed by atoms with Gasteiger partial charge in [-0.05, 0) is 54.6 Å². The predicted molar refractivity (Wildman–Crippen MR) is 110 cm³/mol. The first-order valence-corrected chi connectivity index (χ1v) is 9.76. The number of thioether (sulfide) groups is 1. The van der Waals surface area contributed by atoms with E-state index in [1.807, 2.05) is 0 Å². The Morgan fingerprint density at radius 2 is 1.50 bits per heavy atom. The van der Waals surface area contributed by atoms with Crippen LogP contribution < -0.4 is 10.2 Å². The number of hydrogen-bond donors (Lipinski definition) is 1. The van der Waals surface area contributed by atoms with Gasteiger partial charge in [-0.3, -0.25) is 14.4 Å². The van der Waals surface area contributed by atoms with Crippen LogP contribution in [0.25, 0.3) is 0 Å². The molecule has 0 saturated carbocycles. The van der Waals surface area contributed by atoms with Crippen LogP contribution in [0.1, 0.15) is 31.1 Å². The minimum atomic E-state index is -2.53. The van der Waals surface area contributed by atoms with Gasteiger partial charge in [0.1, 0.15) is 0 Å². The minimum absolute atomic E-state index is 0.291. The Morgan fingerprint density at radius 3 is 2.10 bits per heavy atom. The summed E-state index contributed by atoms with van der Waals surface area (Å²) < 4.78 is 24.8. The van der Waals surface area contributed by atoms with Crippen LogP contribution in [0.4, 0.5) is 20.2 Å². The average Bonchev–Trinajstić information content (AvgIpc) is 2.99. The SMILES string of the molecule is O=C(Nc1cccc(N2C(=O)c3ccccc3C2=O)c1)c1ccc(SC(F)F)cc1. The van der Waals surface area contributed by atoms with Crippen LogP contribution in [0.3, 0.4) is 0 Å². The first-order chi connectivity index (χ1) is 14.4. The summed E-state index contributed by atoms with van der Waals surface area (Å²) in [6.07, 6.45) is 0. The standard InChI is InChI=1S/C22H14F2N2O3S/c23-22(24)30-16-10-8-13(9-11-16)19(27)25-14-4-3-5-15(12-14)26-20(28)17-6-1-2-7-18(17)21(26)29/h1-12,22H,(H,25,27). The lowest BCUT2D eigenvalue weighted by Gasteiger charge is -2.15. The Balaban J connectivity index is 1.52. The number of rotatable bonds is 5. The lowest BCUT2D eigenvalue weighted by Crippen LogP contribution is -2.29. The molecule has 8 heteroatoms. The van der Waals surface area contributed by atoms with E-state index >= 15 is 0 Å². The van der Waals surface area contributed by atoms with E-state index < -0.39 is 23.5 Å². The molecule has 30 heavy (non-hydrogen) atoms. The van der Waals surface area contributed by atoms with Crippen molar-refractivity contribution in [2.45, 2.75) is 10.7 Å². The van der Waals surface area contributed by atoms with E-state index in [1.165, 1.54) is 30.3 Å². The number of carbonyl (C=O) groups excluding carboxylic acids is 3. The lowest BCUT2D eigenvalue weighted by molar-refractivity contribution is 0.0925. The van der Waals surface area contributed by atoms with E-state index in [9.17, 15) is 23.2 Å². The lowest BCUT2D eigenvalue weighted by atomic mass is 10.1. The highest BCUT2D eigenvalue weighted by Crippen LogP contribution is 2.30.